The second-order valence-electron chi connectivity index (χ2n) is 5.65. The molecule has 6 heteroatoms. The highest BCUT2D eigenvalue weighted by atomic mass is 35.5. The number of aromatic nitrogens is 1. The van der Waals surface area contributed by atoms with E-state index in [0.717, 1.165) is 18.7 Å². The fraction of sp³-hybridized carbons (Fsp3) is 0.294. The smallest absolute Gasteiger partial charge is 0.274 e. The second kappa shape index (κ2) is 8.18. The summed E-state index contributed by atoms with van der Waals surface area (Å²) in [6, 6.07) is 8.39. The minimum atomic E-state index is -0.308. The highest BCUT2D eigenvalue weighted by Gasteiger charge is 2.09. The highest BCUT2D eigenvalue weighted by Crippen LogP contribution is 2.22. The minimum Gasteiger partial charge on any atom is -0.384 e. The van der Waals surface area contributed by atoms with Gasteiger partial charge in [0.2, 0.25) is 0 Å². The van der Waals surface area contributed by atoms with E-state index < -0.39 is 0 Å². The molecule has 0 saturated carbocycles. The average molecular weight is 352 g/mol. The van der Waals surface area contributed by atoms with E-state index in [4.69, 9.17) is 23.2 Å². The summed E-state index contributed by atoms with van der Waals surface area (Å²) >= 11 is 11.8. The first-order valence-electron chi connectivity index (χ1n) is 7.41. The Morgan fingerprint density at radius 2 is 1.83 bits per heavy atom. The normalized spacial score (nSPS) is 10.7. The molecule has 1 heterocycles. The van der Waals surface area contributed by atoms with Crippen LogP contribution >= 0.6 is 23.2 Å². The van der Waals surface area contributed by atoms with E-state index in [1.807, 2.05) is 6.07 Å². The fourth-order valence-corrected chi connectivity index (χ4v) is 2.49. The van der Waals surface area contributed by atoms with Gasteiger partial charge in [0.15, 0.2) is 0 Å². The molecule has 0 spiro atoms. The average Bonchev–Trinajstić information content (AvgIpc) is 2.46. The molecule has 0 aliphatic rings. The number of carbonyl (C=O) groups is 1. The van der Waals surface area contributed by atoms with Gasteiger partial charge in [-0.25, -0.2) is 4.98 Å². The molecule has 2 N–H and O–H groups in total. The molecular formula is C17H19Cl2N3O. The Bertz CT molecular complexity index is 652. The van der Waals surface area contributed by atoms with Crippen molar-refractivity contribution in [1.29, 1.82) is 0 Å². The summed E-state index contributed by atoms with van der Waals surface area (Å²) in [5.41, 5.74) is 1.76. The largest absolute Gasteiger partial charge is 0.384 e. The van der Waals surface area contributed by atoms with Gasteiger partial charge < -0.3 is 10.6 Å². The summed E-state index contributed by atoms with van der Waals surface area (Å²) in [6.07, 6.45) is 2.73. The number of pyridine rings is 1. The van der Waals surface area contributed by atoms with Gasteiger partial charge in [0.25, 0.3) is 5.91 Å². The van der Waals surface area contributed by atoms with Crippen molar-refractivity contribution >= 4 is 40.5 Å². The summed E-state index contributed by atoms with van der Waals surface area (Å²) in [6.45, 7) is 5.23. The van der Waals surface area contributed by atoms with Crippen molar-refractivity contribution in [2.45, 2.75) is 20.3 Å². The number of hydrogen-bond donors (Lipinski definition) is 2. The molecule has 23 heavy (non-hydrogen) atoms. The quantitative estimate of drug-likeness (QED) is 0.761. The molecule has 0 atom stereocenters. The number of nitrogens with zero attached hydrogens (tertiary/aromatic N) is 1. The predicted octanol–water partition coefficient (Wildman–Crippen LogP) is 5.10. The van der Waals surface area contributed by atoms with Gasteiger partial charge in [-0.05, 0) is 42.7 Å². The van der Waals surface area contributed by atoms with Crippen LogP contribution in [0.5, 0.6) is 0 Å². The first-order valence-corrected chi connectivity index (χ1v) is 8.17. The van der Waals surface area contributed by atoms with Crippen LogP contribution in [0.1, 0.15) is 30.8 Å². The number of rotatable bonds is 6. The lowest BCUT2D eigenvalue weighted by Crippen LogP contribution is -2.14. The number of nitrogens with one attached hydrogen (secondary N) is 2. The van der Waals surface area contributed by atoms with Crippen molar-refractivity contribution < 1.29 is 4.79 Å². The van der Waals surface area contributed by atoms with Gasteiger partial charge in [-0.3, -0.25) is 4.79 Å². The maximum atomic E-state index is 12.2. The molecule has 2 rings (SSSR count). The van der Waals surface area contributed by atoms with Crippen molar-refractivity contribution in [3.63, 3.8) is 0 Å². The maximum Gasteiger partial charge on any atom is 0.274 e. The Kier molecular flexibility index (Phi) is 6.25. The van der Waals surface area contributed by atoms with Crippen LogP contribution in [0.3, 0.4) is 0 Å². The molecule has 4 nitrogen and oxygen atoms in total. The summed E-state index contributed by atoms with van der Waals surface area (Å²) < 4.78 is 0. The van der Waals surface area contributed by atoms with Crippen LogP contribution in [-0.2, 0) is 0 Å². The molecule has 0 aliphatic heterocycles. The summed E-state index contributed by atoms with van der Waals surface area (Å²) in [5, 5.41) is 6.93. The Hall–Kier alpha value is -1.78. The SMILES string of the molecule is CC(C)CCNc1ccc(C(=O)Nc2cc(Cl)cc(Cl)c2)nc1. The molecule has 0 unspecified atom stereocenters. The third-order valence-corrected chi connectivity index (χ3v) is 3.60. The molecule has 1 amide bonds. The summed E-state index contributed by atoms with van der Waals surface area (Å²) in [5.74, 6) is 0.335. The number of amides is 1. The van der Waals surface area contributed by atoms with Crippen molar-refractivity contribution in [1.82, 2.24) is 4.98 Å². The van der Waals surface area contributed by atoms with E-state index in [1.165, 1.54) is 0 Å². The number of anilines is 2. The number of benzene rings is 1. The molecule has 0 fully saturated rings. The Morgan fingerprint density at radius 1 is 1.13 bits per heavy atom. The number of carbonyl (C=O) groups excluding carboxylic acids is 1. The molecule has 1 aromatic heterocycles. The van der Waals surface area contributed by atoms with Crippen LogP contribution in [-0.4, -0.2) is 17.4 Å². The van der Waals surface area contributed by atoms with Crippen LogP contribution in [0.25, 0.3) is 0 Å². The van der Waals surface area contributed by atoms with Crippen LogP contribution in [0.15, 0.2) is 36.5 Å². The summed E-state index contributed by atoms with van der Waals surface area (Å²) in [4.78, 5) is 16.3. The maximum absolute atomic E-state index is 12.2. The van der Waals surface area contributed by atoms with Gasteiger partial charge in [-0.1, -0.05) is 37.0 Å². The van der Waals surface area contributed by atoms with Crippen molar-refractivity contribution in [3.05, 3.63) is 52.3 Å². The Labute approximate surface area is 146 Å². The zero-order valence-electron chi connectivity index (χ0n) is 13.1. The topological polar surface area (TPSA) is 54.0 Å². The highest BCUT2D eigenvalue weighted by molar-refractivity contribution is 6.35. The van der Waals surface area contributed by atoms with Gasteiger partial charge in [-0.2, -0.15) is 0 Å². The first-order chi connectivity index (χ1) is 10.9. The molecule has 2 aromatic rings. The zero-order valence-corrected chi connectivity index (χ0v) is 14.6. The molecule has 1 aromatic carbocycles. The monoisotopic (exact) mass is 351 g/mol. The van der Waals surface area contributed by atoms with Crippen LogP contribution in [0.4, 0.5) is 11.4 Å². The second-order valence-corrected chi connectivity index (χ2v) is 6.53. The third-order valence-electron chi connectivity index (χ3n) is 3.17. The first kappa shape index (κ1) is 17.6. The van der Waals surface area contributed by atoms with Crippen LogP contribution < -0.4 is 10.6 Å². The van der Waals surface area contributed by atoms with Crippen molar-refractivity contribution in [2.75, 3.05) is 17.2 Å². The van der Waals surface area contributed by atoms with Gasteiger partial charge >= 0.3 is 0 Å². The predicted molar refractivity (Wildman–Crippen MR) is 96.6 cm³/mol. The molecular weight excluding hydrogens is 333 g/mol. The van der Waals surface area contributed by atoms with E-state index in [9.17, 15) is 4.79 Å². The number of halogens is 2. The van der Waals surface area contributed by atoms with E-state index in [2.05, 4.69) is 29.5 Å². The van der Waals surface area contributed by atoms with E-state index in [0.29, 0.717) is 27.3 Å². The van der Waals surface area contributed by atoms with E-state index in [1.54, 1.807) is 30.5 Å². The van der Waals surface area contributed by atoms with Gasteiger partial charge in [0, 0.05) is 22.3 Å². The van der Waals surface area contributed by atoms with Gasteiger partial charge in [-0.15, -0.1) is 0 Å². The van der Waals surface area contributed by atoms with E-state index >= 15 is 0 Å². The lowest BCUT2D eigenvalue weighted by molar-refractivity contribution is 0.102. The number of hydrogen-bond acceptors (Lipinski definition) is 3. The van der Waals surface area contributed by atoms with Crippen LogP contribution in [0, 0.1) is 5.92 Å². The van der Waals surface area contributed by atoms with E-state index in [-0.39, 0.29) is 5.91 Å². The molecule has 0 radical (unpaired) electrons. The van der Waals surface area contributed by atoms with Crippen molar-refractivity contribution in [3.8, 4) is 0 Å². The minimum absolute atomic E-state index is 0.308. The zero-order chi connectivity index (χ0) is 16.8. The lowest BCUT2D eigenvalue weighted by atomic mass is 10.1. The molecule has 122 valence electrons. The molecule has 0 bridgehead atoms. The third kappa shape index (κ3) is 5.73. The molecule has 0 aliphatic carbocycles. The van der Waals surface area contributed by atoms with Crippen LogP contribution in [0.2, 0.25) is 10.0 Å². The standard InChI is InChI=1S/C17H19Cl2N3O/c1-11(2)5-6-20-14-3-4-16(21-10-14)17(23)22-15-8-12(18)7-13(19)9-15/h3-4,7-11,20H,5-6H2,1-2H3,(H,22,23). The van der Waals surface area contributed by atoms with Gasteiger partial charge in [0.1, 0.15) is 5.69 Å². The van der Waals surface area contributed by atoms with Gasteiger partial charge in [0.05, 0.1) is 11.9 Å². The summed E-state index contributed by atoms with van der Waals surface area (Å²) in [7, 11) is 0. The van der Waals surface area contributed by atoms with Crippen molar-refractivity contribution in [2.24, 2.45) is 5.92 Å². The Balaban J connectivity index is 1.97. The fourth-order valence-electron chi connectivity index (χ4n) is 1.96. The molecule has 0 saturated heterocycles. The lowest BCUT2D eigenvalue weighted by Gasteiger charge is -2.09. The Morgan fingerprint density at radius 3 is 2.39 bits per heavy atom.